The first-order valence-corrected chi connectivity index (χ1v) is 4.61. The predicted molar refractivity (Wildman–Crippen MR) is 49.3 cm³/mol. The molecular weight excluding hydrogens is 134 g/mol. The van der Waals surface area contributed by atoms with Crippen molar-refractivity contribution in [3.05, 3.63) is 11.6 Å². The van der Waals surface area contributed by atoms with Crippen molar-refractivity contribution in [2.45, 2.75) is 33.1 Å². The van der Waals surface area contributed by atoms with Gasteiger partial charge in [-0.05, 0) is 44.6 Å². The van der Waals surface area contributed by atoms with E-state index in [9.17, 15) is 0 Å². The summed E-state index contributed by atoms with van der Waals surface area (Å²) >= 11 is 0. The molecule has 0 aliphatic heterocycles. The van der Waals surface area contributed by atoms with Crippen LogP contribution in [0.25, 0.3) is 0 Å². The molecule has 0 amide bonds. The second kappa shape index (κ2) is 3.91. The van der Waals surface area contributed by atoms with Crippen LogP contribution in [-0.2, 0) is 0 Å². The third-order valence-electron chi connectivity index (χ3n) is 2.74. The van der Waals surface area contributed by atoms with Gasteiger partial charge >= 0.3 is 0 Å². The van der Waals surface area contributed by atoms with Crippen molar-refractivity contribution in [3.8, 4) is 0 Å². The largest absolute Gasteiger partial charge is 0.330 e. The highest BCUT2D eigenvalue weighted by molar-refractivity contribution is 5.05. The highest BCUT2D eigenvalue weighted by Gasteiger charge is 2.18. The lowest BCUT2D eigenvalue weighted by Gasteiger charge is -2.26. The Kier molecular flexibility index (Phi) is 3.13. The summed E-state index contributed by atoms with van der Waals surface area (Å²) in [5.41, 5.74) is 7.10. The van der Waals surface area contributed by atoms with Crippen LogP contribution >= 0.6 is 0 Å². The highest BCUT2D eigenvalue weighted by atomic mass is 14.5. The Bertz CT molecular complexity index is 149. The van der Waals surface area contributed by atoms with Gasteiger partial charge in [-0.3, -0.25) is 0 Å². The van der Waals surface area contributed by atoms with Crippen LogP contribution < -0.4 is 5.73 Å². The van der Waals surface area contributed by atoms with Crippen LogP contribution in [-0.4, -0.2) is 6.54 Å². The van der Waals surface area contributed by atoms with Crippen molar-refractivity contribution < 1.29 is 0 Å². The van der Waals surface area contributed by atoms with Crippen LogP contribution in [0.1, 0.15) is 33.1 Å². The zero-order valence-corrected chi connectivity index (χ0v) is 7.64. The monoisotopic (exact) mass is 153 g/mol. The van der Waals surface area contributed by atoms with Crippen LogP contribution in [0.2, 0.25) is 0 Å². The lowest BCUT2D eigenvalue weighted by Crippen LogP contribution is -2.18. The summed E-state index contributed by atoms with van der Waals surface area (Å²) in [6.07, 6.45) is 6.24. The maximum Gasteiger partial charge on any atom is -0.00744 e. The van der Waals surface area contributed by atoms with E-state index < -0.39 is 0 Å². The minimum absolute atomic E-state index is 0.757. The van der Waals surface area contributed by atoms with E-state index >= 15 is 0 Å². The first kappa shape index (κ1) is 8.79. The number of hydrogen-bond acceptors (Lipinski definition) is 1. The Morgan fingerprint density at radius 1 is 1.64 bits per heavy atom. The van der Waals surface area contributed by atoms with Crippen molar-refractivity contribution in [2.24, 2.45) is 17.6 Å². The van der Waals surface area contributed by atoms with Crippen molar-refractivity contribution in [3.63, 3.8) is 0 Å². The Hall–Kier alpha value is -0.300. The van der Waals surface area contributed by atoms with Crippen LogP contribution in [0.3, 0.4) is 0 Å². The zero-order valence-electron chi connectivity index (χ0n) is 7.64. The van der Waals surface area contributed by atoms with E-state index in [0.29, 0.717) is 0 Å². The molecule has 2 unspecified atom stereocenters. The summed E-state index contributed by atoms with van der Waals surface area (Å²) in [6, 6.07) is 0. The van der Waals surface area contributed by atoms with Gasteiger partial charge in [0.25, 0.3) is 0 Å². The smallest absolute Gasteiger partial charge is 0.00744 e. The molecule has 2 N–H and O–H groups in total. The Labute approximate surface area is 69.7 Å². The minimum atomic E-state index is 0.757. The van der Waals surface area contributed by atoms with Gasteiger partial charge in [0.1, 0.15) is 0 Å². The fraction of sp³-hybridized carbons (Fsp3) is 0.800. The predicted octanol–water partition coefficient (Wildman–Crippen LogP) is 2.33. The number of rotatable bonds is 2. The standard InChI is InChI=1S/C10H19N/c1-8-3-4-10(5-6-11)9(2)7-8/h7,9-10H,3-6,11H2,1-2H3. The van der Waals surface area contributed by atoms with Gasteiger partial charge in [-0.15, -0.1) is 0 Å². The number of allylic oxidation sites excluding steroid dienone is 2. The van der Waals surface area contributed by atoms with Gasteiger partial charge in [0, 0.05) is 0 Å². The molecule has 1 heteroatoms. The molecule has 0 fully saturated rings. The van der Waals surface area contributed by atoms with Gasteiger partial charge in [0.15, 0.2) is 0 Å². The molecule has 0 saturated heterocycles. The Morgan fingerprint density at radius 3 is 2.91 bits per heavy atom. The van der Waals surface area contributed by atoms with Gasteiger partial charge < -0.3 is 5.73 Å². The second-order valence-corrected chi connectivity index (χ2v) is 3.75. The average molecular weight is 153 g/mol. The Balaban J connectivity index is 2.46. The molecule has 1 nitrogen and oxygen atoms in total. The van der Waals surface area contributed by atoms with Crippen molar-refractivity contribution >= 4 is 0 Å². The summed E-state index contributed by atoms with van der Waals surface area (Å²) < 4.78 is 0. The van der Waals surface area contributed by atoms with Crippen molar-refractivity contribution in [1.29, 1.82) is 0 Å². The number of hydrogen-bond donors (Lipinski definition) is 1. The third-order valence-corrected chi connectivity index (χ3v) is 2.74. The summed E-state index contributed by atoms with van der Waals surface area (Å²) in [7, 11) is 0. The van der Waals surface area contributed by atoms with E-state index in [4.69, 9.17) is 5.73 Å². The second-order valence-electron chi connectivity index (χ2n) is 3.75. The lowest BCUT2D eigenvalue weighted by molar-refractivity contribution is 0.352. The summed E-state index contributed by atoms with van der Waals surface area (Å²) in [4.78, 5) is 0. The first-order chi connectivity index (χ1) is 5.24. The van der Waals surface area contributed by atoms with Crippen LogP contribution in [0, 0.1) is 11.8 Å². The molecule has 64 valence electrons. The molecule has 0 heterocycles. The molecule has 11 heavy (non-hydrogen) atoms. The normalized spacial score (nSPS) is 31.7. The molecule has 2 atom stereocenters. The molecule has 0 saturated carbocycles. The van der Waals surface area contributed by atoms with Crippen molar-refractivity contribution in [2.75, 3.05) is 6.54 Å². The van der Waals surface area contributed by atoms with Gasteiger partial charge in [-0.1, -0.05) is 18.6 Å². The van der Waals surface area contributed by atoms with E-state index in [1.165, 1.54) is 19.3 Å². The summed E-state index contributed by atoms with van der Waals surface area (Å²) in [5, 5.41) is 0. The van der Waals surface area contributed by atoms with Gasteiger partial charge in [0.05, 0.1) is 0 Å². The Morgan fingerprint density at radius 2 is 2.36 bits per heavy atom. The third kappa shape index (κ3) is 2.33. The van der Waals surface area contributed by atoms with Crippen LogP contribution in [0.15, 0.2) is 11.6 Å². The molecule has 0 aromatic heterocycles. The first-order valence-electron chi connectivity index (χ1n) is 4.61. The van der Waals surface area contributed by atoms with Gasteiger partial charge in [0.2, 0.25) is 0 Å². The maximum atomic E-state index is 5.54. The van der Waals surface area contributed by atoms with E-state index in [-0.39, 0.29) is 0 Å². The van der Waals surface area contributed by atoms with E-state index in [2.05, 4.69) is 19.9 Å². The maximum absolute atomic E-state index is 5.54. The molecule has 0 radical (unpaired) electrons. The van der Waals surface area contributed by atoms with Crippen LogP contribution in [0.4, 0.5) is 0 Å². The SMILES string of the molecule is CC1=CC(C)C(CCN)CC1. The molecule has 0 aromatic carbocycles. The molecule has 0 bridgehead atoms. The summed E-state index contributed by atoms with van der Waals surface area (Å²) in [6.45, 7) is 5.39. The average Bonchev–Trinajstić information content (AvgIpc) is 1.95. The minimum Gasteiger partial charge on any atom is -0.330 e. The number of nitrogens with two attached hydrogens (primary N) is 1. The van der Waals surface area contributed by atoms with Crippen LogP contribution in [0.5, 0.6) is 0 Å². The van der Waals surface area contributed by atoms with Gasteiger partial charge in [-0.25, -0.2) is 0 Å². The molecule has 1 rings (SSSR count). The van der Waals surface area contributed by atoms with E-state index in [0.717, 1.165) is 18.4 Å². The zero-order chi connectivity index (χ0) is 8.27. The molecule has 1 aliphatic rings. The lowest BCUT2D eigenvalue weighted by atomic mass is 9.80. The van der Waals surface area contributed by atoms with Gasteiger partial charge in [-0.2, -0.15) is 0 Å². The summed E-state index contributed by atoms with van der Waals surface area (Å²) in [5.74, 6) is 1.61. The van der Waals surface area contributed by atoms with Crippen molar-refractivity contribution in [1.82, 2.24) is 0 Å². The topological polar surface area (TPSA) is 26.0 Å². The van der Waals surface area contributed by atoms with E-state index in [1.54, 1.807) is 5.57 Å². The molecule has 0 spiro atoms. The molecular formula is C10H19N. The highest BCUT2D eigenvalue weighted by Crippen LogP contribution is 2.29. The fourth-order valence-corrected chi connectivity index (χ4v) is 1.97. The quantitative estimate of drug-likeness (QED) is 0.605. The molecule has 0 aromatic rings. The fourth-order valence-electron chi connectivity index (χ4n) is 1.97. The van der Waals surface area contributed by atoms with E-state index in [1.807, 2.05) is 0 Å². The molecule has 1 aliphatic carbocycles.